The lowest BCUT2D eigenvalue weighted by Gasteiger charge is -2.37. The molecule has 0 aromatic rings. The Morgan fingerprint density at radius 2 is 2.00 bits per heavy atom. The Balaban J connectivity index is 2.47. The molecule has 0 heterocycles. The van der Waals surface area contributed by atoms with E-state index in [0.717, 1.165) is 23.8 Å². The molecule has 0 radical (unpaired) electrons. The van der Waals surface area contributed by atoms with Crippen molar-refractivity contribution in [1.29, 1.82) is 0 Å². The van der Waals surface area contributed by atoms with Crippen LogP contribution in [0.1, 0.15) is 46.5 Å². The van der Waals surface area contributed by atoms with Gasteiger partial charge >= 0.3 is 0 Å². The van der Waals surface area contributed by atoms with Crippen LogP contribution in [0.25, 0.3) is 0 Å². The molecule has 1 heteroatoms. The van der Waals surface area contributed by atoms with Crippen LogP contribution in [-0.2, 0) is 0 Å². The minimum Gasteiger partial charge on any atom is -0.317 e. The fourth-order valence-electron chi connectivity index (χ4n) is 2.74. The van der Waals surface area contributed by atoms with E-state index in [1.165, 1.54) is 25.7 Å². The van der Waals surface area contributed by atoms with E-state index in [2.05, 4.69) is 33.1 Å². The van der Waals surface area contributed by atoms with Crippen LogP contribution in [0.3, 0.4) is 0 Å². The Labute approximate surface area is 83.3 Å². The molecule has 1 nitrogen and oxygen atoms in total. The summed E-state index contributed by atoms with van der Waals surface area (Å²) in [6.45, 7) is 7.08. The summed E-state index contributed by atoms with van der Waals surface area (Å²) in [7, 11) is 2.11. The summed E-state index contributed by atoms with van der Waals surface area (Å²) in [5.41, 5.74) is 0. The summed E-state index contributed by atoms with van der Waals surface area (Å²) in [6, 6.07) is 0.792. The van der Waals surface area contributed by atoms with Gasteiger partial charge in [0.25, 0.3) is 0 Å². The number of hydrogen-bond acceptors (Lipinski definition) is 1. The molecule has 1 rings (SSSR count). The molecule has 0 bridgehead atoms. The first-order chi connectivity index (χ1) is 6.19. The summed E-state index contributed by atoms with van der Waals surface area (Å²) in [5, 5.41) is 3.46. The number of nitrogens with one attached hydrogen (secondary N) is 1. The first-order valence-corrected chi connectivity index (χ1v) is 5.86. The summed E-state index contributed by atoms with van der Waals surface area (Å²) in [6.07, 6.45) is 5.60. The van der Waals surface area contributed by atoms with Crippen LogP contribution in [0.15, 0.2) is 0 Å². The third-order valence-corrected chi connectivity index (χ3v) is 3.86. The lowest BCUT2D eigenvalue weighted by molar-refractivity contribution is 0.170. The molecule has 1 aliphatic rings. The van der Waals surface area contributed by atoms with E-state index in [4.69, 9.17) is 0 Å². The van der Waals surface area contributed by atoms with Gasteiger partial charge in [0.2, 0.25) is 0 Å². The van der Waals surface area contributed by atoms with E-state index in [9.17, 15) is 0 Å². The molecule has 0 aliphatic heterocycles. The van der Waals surface area contributed by atoms with Crippen LogP contribution in [0, 0.1) is 17.8 Å². The van der Waals surface area contributed by atoms with E-state index in [1.54, 1.807) is 0 Å². The van der Waals surface area contributed by atoms with E-state index in [0.29, 0.717) is 0 Å². The molecule has 0 spiro atoms. The Bertz CT molecular complexity index is 142. The molecular weight excluding hydrogens is 158 g/mol. The van der Waals surface area contributed by atoms with Crippen molar-refractivity contribution in [3.05, 3.63) is 0 Å². The zero-order valence-electron chi connectivity index (χ0n) is 9.64. The molecule has 0 saturated heterocycles. The normalized spacial score (nSPS) is 35.3. The lowest BCUT2D eigenvalue weighted by Crippen LogP contribution is -2.39. The van der Waals surface area contributed by atoms with Crippen LogP contribution >= 0.6 is 0 Å². The van der Waals surface area contributed by atoms with E-state index >= 15 is 0 Å². The predicted octanol–water partition coefficient (Wildman–Crippen LogP) is 3.06. The van der Waals surface area contributed by atoms with Crippen LogP contribution in [0.5, 0.6) is 0 Å². The van der Waals surface area contributed by atoms with E-state index < -0.39 is 0 Å². The van der Waals surface area contributed by atoms with Crippen molar-refractivity contribution in [2.75, 3.05) is 7.05 Å². The Morgan fingerprint density at radius 1 is 1.31 bits per heavy atom. The highest BCUT2D eigenvalue weighted by Crippen LogP contribution is 2.35. The van der Waals surface area contributed by atoms with Crippen LogP contribution in [-0.4, -0.2) is 13.1 Å². The summed E-state index contributed by atoms with van der Waals surface area (Å²) >= 11 is 0. The zero-order valence-corrected chi connectivity index (χ0v) is 9.64. The topological polar surface area (TPSA) is 12.0 Å². The first kappa shape index (κ1) is 11.0. The molecule has 3 unspecified atom stereocenters. The third kappa shape index (κ3) is 2.70. The third-order valence-electron chi connectivity index (χ3n) is 3.86. The maximum atomic E-state index is 3.46. The molecule has 1 saturated carbocycles. The van der Waals surface area contributed by atoms with Crippen molar-refractivity contribution < 1.29 is 0 Å². The largest absolute Gasteiger partial charge is 0.317 e. The lowest BCUT2D eigenvalue weighted by atomic mass is 9.73. The van der Waals surface area contributed by atoms with Crippen molar-refractivity contribution in [3.63, 3.8) is 0 Å². The van der Waals surface area contributed by atoms with Gasteiger partial charge < -0.3 is 5.32 Å². The van der Waals surface area contributed by atoms with Gasteiger partial charge in [0.1, 0.15) is 0 Å². The Hall–Kier alpha value is -0.0400. The highest BCUT2D eigenvalue weighted by Gasteiger charge is 2.29. The van der Waals surface area contributed by atoms with Gasteiger partial charge in [0, 0.05) is 6.04 Å². The molecule has 1 aliphatic carbocycles. The van der Waals surface area contributed by atoms with Crippen molar-refractivity contribution in [2.24, 2.45) is 17.8 Å². The average molecular weight is 183 g/mol. The SMILES string of the molecule is CCC1CC(C(C)C)CCC1NC. The minimum absolute atomic E-state index is 0.792. The molecular formula is C12H25N. The van der Waals surface area contributed by atoms with Gasteiger partial charge in [-0.3, -0.25) is 0 Å². The smallest absolute Gasteiger partial charge is 0.00924 e. The number of rotatable bonds is 3. The summed E-state index contributed by atoms with van der Waals surface area (Å²) in [5.74, 6) is 2.78. The molecule has 0 amide bonds. The number of hydrogen-bond donors (Lipinski definition) is 1. The fourth-order valence-corrected chi connectivity index (χ4v) is 2.74. The van der Waals surface area contributed by atoms with Crippen LogP contribution in [0.2, 0.25) is 0 Å². The maximum Gasteiger partial charge on any atom is 0.00924 e. The van der Waals surface area contributed by atoms with Crippen LogP contribution in [0.4, 0.5) is 0 Å². The van der Waals surface area contributed by atoms with Gasteiger partial charge in [-0.1, -0.05) is 27.2 Å². The highest BCUT2D eigenvalue weighted by atomic mass is 14.9. The molecule has 13 heavy (non-hydrogen) atoms. The molecule has 78 valence electrons. The van der Waals surface area contributed by atoms with Crippen molar-refractivity contribution >= 4 is 0 Å². The average Bonchev–Trinajstić information content (AvgIpc) is 2.16. The van der Waals surface area contributed by atoms with E-state index in [-0.39, 0.29) is 0 Å². The highest BCUT2D eigenvalue weighted by molar-refractivity contribution is 4.84. The second-order valence-corrected chi connectivity index (χ2v) is 4.88. The second kappa shape index (κ2) is 4.99. The van der Waals surface area contributed by atoms with Crippen molar-refractivity contribution in [2.45, 2.75) is 52.5 Å². The fraction of sp³-hybridized carbons (Fsp3) is 1.00. The molecule has 1 N–H and O–H groups in total. The van der Waals surface area contributed by atoms with Gasteiger partial charge in [0.05, 0.1) is 0 Å². The monoisotopic (exact) mass is 183 g/mol. The van der Waals surface area contributed by atoms with Gasteiger partial charge in [-0.2, -0.15) is 0 Å². The molecule has 0 aromatic carbocycles. The molecule has 1 fully saturated rings. The minimum atomic E-state index is 0.792. The molecule has 0 aromatic heterocycles. The quantitative estimate of drug-likeness (QED) is 0.709. The summed E-state index contributed by atoms with van der Waals surface area (Å²) < 4.78 is 0. The second-order valence-electron chi connectivity index (χ2n) is 4.88. The summed E-state index contributed by atoms with van der Waals surface area (Å²) in [4.78, 5) is 0. The first-order valence-electron chi connectivity index (χ1n) is 5.86. The van der Waals surface area contributed by atoms with Gasteiger partial charge in [-0.25, -0.2) is 0 Å². The van der Waals surface area contributed by atoms with Crippen molar-refractivity contribution in [3.8, 4) is 0 Å². The van der Waals surface area contributed by atoms with Gasteiger partial charge in [-0.15, -0.1) is 0 Å². The van der Waals surface area contributed by atoms with Gasteiger partial charge in [-0.05, 0) is 44.1 Å². The van der Waals surface area contributed by atoms with Crippen molar-refractivity contribution in [1.82, 2.24) is 5.32 Å². The predicted molar refractivity (Wildman–Crippen MR) is 58.8 cm³/mol. The van der Waals surface area contributed by atoms with Gasteiger partial charge in [0.15, 0.2) is 0 Å². The molecule has 3 atom stereocenters. The Morgan fingerprint density at radius 3 is 2.46 bits per heavy atom. The van der Waals surface area contributed by atoms with Crippen LogP contribution < -0.4 is 5.32 Å². The van der Waals surface area contributed by atoms with E-state index in [1.807, 2.05) is 0 Å². The maximum absolute atomic E-state index is 3.46. The Kier molecular flexibility index (Phi) is 4.24. The standard InChI is InChI=1S/C12H25N/c1-5-10-8-11(9(2)3)6-7-12(10)13-4/h9-13H,5-8H2,1-4H3. The zero-order chi connectivity index (χ0) is 9.84.